The third-order valence-corrected chi connectivity index (χ3v) is 5.22. The van der Waals surface area contributed by atoms with E-state index >= 15 is 0 Å². The number of carbonyl (C=O) groups excluding carboxylic acids is 1. The molecule has 1 aromatic rings. The first-order valence-electron chi connectivity index (χ1n) is 9.43. The Hall–Kier alpha value is -1.79. The van der Waals surface area contributed by atoms with E-state index in [0.717, 1.165) is 24.6 Å². The fourth-order valence-electron chi connectivity index (χ4n) is 3.95. The Morgan fingerprint density at radius 1 is 1.00 bits per heavy atom. The summed E-state index contributed by atoms with van der Waals surface area (Å²) in [4.78, 5) is 14.7. The van der Waals surface area contributed by atoms with Gasteiger partial charge < -0.3 is 5.32 Å². The van der Waals surface area contributed by atoms with Gasteiger partial charge in [0.25, 0.3) is 5.91 Å². The average Bonchev–Trinajstić information content (AvgIpc) is 2.91. The van der Waals surface area contributed by atoms with Crippen molar-refractivity contribution in [2.45, 2.75) is 63.5 Å². The van der Waals surface area contributed by atoms with Crippen LogP contribution in [0.1, 0.15) is 56.9 Å². The zero-order valence-electron chi connectivity index (χ0n) is 14.5. The Kier molecular flexibility index (Phi) is 6.32. The molecule has 128 valence electrons. The van der Waals surface area contributed by atoms with Crippen molar-refractivity contribution >= 4 is 5.91 Å². The molecule has 1 heterocycles. The van der Waals surface area contributed by atoms with E-state index in [9.17, 15) is 4.79 Å². The molecule has 3 rings (SSSR count). The van der Waals surface area contributed by atoms with Crippen LogP contribution in [-0.4, -0.2) is 36.0 Å². The van der Waals surface area contributed by atoms with E-state index in [-0.39, 0.29) is 11.9 Å². The van der Waals surface area contributed by atoms with E-state index in [2.05, 4.69) is 22.1 Å². The number of amides is 1. The molecule has 1 saturated carbocycles. The van der Waals surface area contributed by atoms with E-state index in [1.54, 1.807) is 0 Å². The fourth-order valence-corrected chi connectivity index (χ4v) is 3.95. The number of likely N-dealkylation sites (tertiary alicyclic amines) is 1. The second-order valence-electron chi connectivity index (χ2n) is 7.07. The summed E-state index contributed by atoms with van der Waals surface area (Å²) < 4.78 is 0. The van der Waals surface area contributed by atoms with Gasteiger partial charge in [-0.15, -0.1) is 0 Å². The van der Waals surface area contributed by atoms with Crippen molar-refractivity contribution in [3.8, 4) is 11.8 Å². The first-order chi connectivity index (χ1) is 11.8. The van der Waals surface area contributed by atoms with Crippen LogP contribution < -0.4 is 5.32 Å². The van der Waals surface area contributed by atoms with Crippen LogP contribution in [0.5, 0.6) is 0 Å². The van der Waals surface area contributed by atoms with Crippen molar-refractivity contribution < 1.29 is 4.79 Å². The molecule has 1 aliphatic heterocycles. The molecule has 1 aromatic carbocycles. The van der Waals surface area contributed by atoms with Gasteiger partial charge in [0, 0.05) is 30.1 Å². The molecule has 2 aliphatic rings. The third-order valence-electron chi connectivity index (χ3n) is 5.22. The molecule has 0 unspecified atom stereocenters. The molecule has 3 heteroatoms. The SMILES string of the molecule is O=C(C#Cc1ccccc1)N[C@@H]1CCCN(C2CCCCCC2)C1. The quantitative estimate of drug-likeness (QED) is 0.668. The minimum absolute atomic E-state index is 0.147. The van der Waals surface area contributed by atoms with Crippen LogP contribution in [-0.2, 0) is 4.79 Å². The van der Waals surface area contributed by atoms with Gasteiger partial charge >= 0.3 is 0 Å². The number of benzene rings is 1. The number of nitrogens with zero attached hydrogens (tertiary/aromatic N) is 1. The lowest BCUT2D eigenvalue weighted by Crippen LogP contribution is -2.50. The van der Waals surface area contributed by atoms with E-state index in [4.69, 9.17) is 0 Å². The highest BCUT2D eigenvalue weighted by molar-refractivity contribution is 5.94. The van der Waals surface area contributed by atoms with Crippen LogP contribution in [0.3, 0.4) is 0 Å². The highest BCUT2D eigenvalue weighted by Crippen LogP contribution is 2.24. The third kappa shape index (κ3) is 5.11. The van der Waals surface area contributed by atoms with Crippen LogP contribution in [0.4, 0.5) is 0 Å². The van der Waals surface area contributed by atoms with Gasteiger partial charge in [0.2, 0.25) is 0 Å². The summed E-state index contributed by atoms with van der Waals surface area (Å²) in [5.41, 5.74) is 0.886. The summed E-state index contributed by atoms with van der Waals surface area (Å²) in [5.74, 6) is 5.53. The first kappa shape index (κ1) is 17.0. The topological polar surface area (TPSA) is 32.3 Å². The average molecular weight is 324 g/mol. The Morgan fingerprint density at radius 3 is 2.50 bits per heavy atom. The maximum atomic E-state index is 12.1. The van der Waals surface area contributed by atoms with Crippen molar-refractivity contribution in [3.05, 3.63) is 35.9 Å². The molecule has 1 aliphatic carbocycles. The fraction of sp³-hybridized carbons (Fsp3) is 0.571. The molecule has 1 N–H and O–H groups in total. The van der Waals surface area contributed by atoms with Crippen LogP contribution in [0.2, 0.25) is 0 Å². The Bertz CT molecular complexity index is 579. The van der Waals surface area contributed by atoms with Gasteiger partial charge in [0.15, 0.2) is 0 Å². The van der Waals surface area contributed by atoms with Crippen LogP contribution in [0.25, 0.3) is 0 Å². The van der Waals surface area contributed by atoms with Crippen molar-refractivity contribution in [1.29, 1.82) is 0 Å². The van der Waals surface area contributed by atoms with E-state index in [0.29, 0.717) is 0 Å². The summed E-state index contributed by atoms with van der Waals surface area (Å²) in [5, 5.41) is 3.12. The summed E-state index contributed by atoms with van der Waals surface area (Å²) in [7, 11) is 0. The second-order valence-corrected chi connectivity index (χ2v) is 7.07. The molecule has 0 aromatic heterocycles. The smallest absolute Gasteiger partial charge is 0.296 e. The van der Waals surface area contributed by atoms with Crippen molar-refractivity contribution in [2.24, 2.45) is 0 Å². The van der Waals surface area contributed by atoms with Crippen molar-refractivity contribution in [2.75, 3.05) is 13.1 Å². The summed E-state index contributed by atoms with van der Waals surface area (Å²) in [6.45, 7) is 2.18. The number of hydrogen-bond acceptors (Lipinski definition) is 2. The first-order valence-corrected chi connectivity index (χ1v) is 9.43. The number of nitrogens with one attached hydrogen (secondary N) is 1. The normalized spacial score (nSPS) is 22.9. The van der Waals surface area contributed by atoms with E-state index < -0.39 is 0 Å². The lowest BCUT2D eigenvalue weighted by atomic mass is 10.00. The number of piperidine rings is 1. The number of hydrogen-bond donors (Lipinski definition) is 1. The maximum Gasteiger partial charge on any atom is 0.296 e. The highest BCUT2D eigenvalue weighted by atomic mass is 16.1. The van der Waals surface area contributed by atoms with Crippen LogP contribution >= 0.6 is 0 Å². The number of rotatable bonds is 2. The number of carbonyl (C=O) groups is 1. The molecular formula is C21H28N2O. The minimum atomic E-state index is -0.147. The molecule has 1 amide bonds. The Balaban J connectivity index is 1.51. The van der Waals surface area contributed by atoms with Crippen LogP contribution in [0.15, 0.2) is 30.3 Å². The van der Waals surface area contributed by atoms with Gasteiger partial charge in [-0.3, -0.25) is 9.69 Å². The summed E-state index contributed by atoms with van der Waals surface area (Å²) >= 11 is 0. The zero-order valence-corrected chi connectivity index (χ0v) is 14.5. The molecular weight excluding hydrogens is 296 g/mol. The van der Waals surface area contributed by atoms with Gasteiger partial charge in [0.05, 0.1) is 0 Å². The van der Waals surface area contributed by atoms with Gasteiger partial charge in [0.1, 0.15) is 0 Å². The summed E-state index contributed by atoms with van der Waals surface area (Å²) in [6.07, 6.45) is 10.4. The summed E-state index contributed by atoms with van der Waals surface area (Å²) in [6, 6.07) is 10.7. The monoisotopic (exact) mass is 324 g/mol. The van der Waals surface area contributed by atoms with Crippen molar-refractivity contribution in [1.82, 2.24) is 10.2 Å². The van der Waals surface area contributed by atoms with Gasteiger partial charge in [-0.2, -0.15) is 0 Å². The van der Waals surface area contributed by atoms with E-state index in [1.807, 2.05) is 30.3 Å². The van der Waals surface area contributed by atoms with Crippen LogP contribution in [0, 0.1) is 11.8 Å². The minimum Gasteiger partial charge on any atom is -0.341 e. The van der Waals surface area contributed by atoms with E-state index in [1.165, 1.54) is 51.5 Å². The maximum absolute atomic E-state index is 12.1. The predicted molar refractivity (Wildman–Crippen MR) is 97.5 cm³/mol. The molecule has 2 fully saturated rings. The standard InChI is InChI=1S/C21H28N2O/c24-21(15-14-18-9-4-3-5-10-18)22-19-11-8-16-23(17-19)20-12-6-1-2-7-13-20/h3-5,9-10,19-20H,1-2,6-8,11-13,16-17H2,(H,22,24)/t19-/m1/s1. The molecule has 1 saturated heterocycles. The highest BCUT2D eigenvalue weighted by Gasteiger charge is 2.26. The lowest BCUT2D eigenvalue weighted by Gasteiger charge is -2.38. The zero-order chi connectivity index (χ0) is 16.6. The molecule has 0 bridgehead atoms. The second kappa shape index (κ2) is 8.89. The lowest BCUT2D eigenvalue weighted by molar-refractivity contribution is -0.116. The molecule has 1 atom stereocenters. The Labute approximate surface area is 145 Å². The molecule has 3 nitrogen and oxygen atoms in total. The predicted octanol–water partition coefficient (Wildman–Crippen LogP) is 3.34. The molecule has 0 radical (unpaired) electrons. The largest absolute Gasteiger partial charge is 0.341 e. The molecule has 24 heavy (non-hydrogen) atoms. The molecule has 0 spiro atoms. The van der Waals surface area contributed by atoms with Gasteiger partial charge in [-0.25, -0.2) is 0 Å². The Morgan fingerprint density at radius 2 is 1.75 bits per heavy atom. The van der Waals surface area contributed by atoms with Gasteiger partial charge in [-0.05, 0) is 44.4 Å². The van der Waals surface area contributed by atoms with Gasteiger partial charge in [-0.1, -0.05) is 49.8 Å². The van der Waals surface area contributed by atoms with Crippen molar-refractivity contribution in [3.63, 3.8) is 0 Å².